The van der Waals surface area contributed by atoms with E-state index in [1.807, 2.05) is 0 Å². The quantitative estimate of drug-likeness (QED) is 0.772. The SMILES string of the molecule is CCN1CC(COc2c(C)cccc2C)C1. The van der Waals surface area contributed by atoms with E-state index in [1.54, 1.807) is 0 Å². The summed E-state index contributed by atoms with van der Waals surface area (Å²) in [6, 6.07) is 6.31. The van der Waals surface area contributed by atoms with Gasteiger partial charge in [0.2, 0.25) is 0 Å². The number of hydrogen-bond acceptors (Lipinski definition) is 2. The Morgan fingerprint density at radius 1 is 1.25 bits per heavy atom. The third-order valence-corrected chi connectivity index (χ3v) is 3.35. The molecule has 0 aliphatic carbocycles. The molecule has 0 atom stereocenters. The maximum Gasteiger partial charge on any atom is 0.125 e. The number of para-hydroxylation sites is 1. The Labute approximate surface area is 98.2 Å². The van der Waals surface area contributed by atoms with Gasteiger partial charge >= 0.3 is 0 Å². The molecule has 1 aliphatic heterocycles. The summed E-state index contributed by atoms with van der Waals surface area (Å²) in [5.74, 6) is 1.80. The second-order valence-electron chi connectivity index (χ2n) is 4.75. The summed E-state index contributed by atoms with van der Waals surface area (Å²) in [7, 11) is 0. The van der Waals surface area contributed by atoms with E-state index in [0.29, 0.717) is 0 Å². The van der Waals surface area contributed by atoms with E-state index in [2.05, 4.69) is 43.9 Å². The number of benzene rings is 1. The van der Waals surface area contributed by atoms with Crippen LogP contribution in [-0.2, 0) is 0 Å². The van der Waals surface area contributed by atoms with Gasteiger partial charge in [-0.3, -0.25) is 0 Å². The summed E-state index contributed by atoms with van der Waals surface area (Å²) in [5.41, 5.74) is 2.48. The molecule has 1 aliphatic rings. The fraction of sp³-hybridized carbons (Fsp3) is 0.571. The Kier molecular flexibility index (Phi) is 3.49. The van der Waals surface area contributed by atoms with Crippen LogP contribution in [-0.4, -0.2) is 31.1 Å². The van der Waals surface area contributed by atoms with Gasteiger partial charge < -0.3 is 9.64 Å². The van der Waals surface area contributed by atoms with Crippen molar-refractivity contribution in [2.24, 2.45) is 5.92 Å². The fourth-order valence-electron chi connectivity index (χ4n) is 2.27. The Morgan fingerprint density at radius 2 is 1.88 bits per heavy atom. The molecule has 0 radical (unpaired) electrons. The molecule has 0 saturated carbocycles. The van der Waals surface area contributed by atoms with Crippen LogP contribution in [0.4, 0.5) is 0 Å². The monoisotopic (exact) mass is 219 g/mol. The highest BCUT2D eigenvalue weighted by molar-refractivity contribution is 5.39. The van der Waals surface area contributed by atoms with E-state index in [0.717, 1.165) is 18.3 Å². The van der Waals surface area contributed by atoms with Crippen LogP contribution in [0.25, 0.3) is 0 Å². The molecule has 1 saturated heterocycles. The first kappa shape index (κ1) is 11.5. The lowest BCUT2D eigenvalue weighted by atomic mass is 10.0. The standard InChI is InChI=1S/C14H21NO/c1-4-15-8-13(9-15)10-16-14-11(2)6-5-7-12(14)3/h5-7,13H,4,8-10H2,1-3H3. The Balaban J connectivity index is 1.86. The molecule has 16 heavy (non-hydrogen) atoms. The molecule has 1 fully saturated rings. The molecular formula is C14H21NO. The van der Waals surface area contributed by atoms with Crippen molar-refractivity contribution in [3.8, 4) is 5.75 Å². The van der Waals surface area contributed by atoms with Gasteiger partial charge in [0, 0.05) is 19.0 Å². The van der Waals surface area contributed by atoms with Crippen LogP contribution in [0.15, 0.2) is 18.2 Å². The van der Waals surface area contributed by atoms with E-state index in [4.69, 9.17) is 4.74 Å². The molecule has 88 valence electrons. The van der Waals surface area contributed by atoms with Crippen LogP contribution in [0.1, 0.15) is 18.1 Å². The average molecular weight is 219 g/mol. The first-order valence-corrected chi connectivity index (χ1v) is 6.12. The molecule has 0 N–H and O–H groups in total. The average Bonchev–Trinajstić information content (AvgIpc) is 2.19. The van der Waals surface area contributed by atoms with Crippen LogP contribution in [0, 0.1) is 19.8 Å². The minimum absolute atomic E-state index is 0.721. The maximum atomic E-state index is 5.94. The van der Waals surface area contributed by atoms with Crippen molar-refractivity contribution in [3.63, 3.8) is 0 Å². The van der Waals surface area contributed by atoms with Crippen LogP contribution < -0.4 is 4.74 Å². The Morgan fingerprint density at radius 3 is 2.44 bits per heavy atom. The summed E-state index contributed by atoms with van der Waals surface area (Å²) < 4.78 is 5.94. The van der Waals surface area contributed by atoms with Crippen molar-refractivity contribution in [2.45, 2.75) is 20.8 Å². The predicted octanol–water partition coefficient (Wildman–Crippen LogP) is 2.63. The molecule has 1 aromatic rings. The predicted molar refractivity (Wildman–Crippen MR) is 67.0 cm³/mol. The van der Waals surface area contributed by atoms with Gasteiger partial charge in [-0.05, 0) is 31.5 Å². The Hall–Kier alpha value is -1.02. The van der Waals surface area contributed by atoms with Gasteiger partial charge in [0.25, 0.3) is 0 Å². The van der Waals surface area contributed by atoms with Gasteiger partial charge in [0.1, 0.15) is 5.75 Å². The number of hydrogen-bond donors (Lipinski definition) is 0. The molecule has 0 bridgehead atoms. The summed E-state index contributed by atoms with van der Waals surface area (Å²) in [5, 5.41) is 0. The van der Waals surface area contributed by atoms with Crippen LogP contribution in [0.2, 0.25) is 0 Å². The normalized spacial score (nSPS) is 17.2. The summed E-state index contributed by atoms with van der Waals surface area (Å²) in [6.45, 7) is 10.9. The molecule has 0 amide bonds. The molecular weight excluding hydrogens is 198 g/mol. The van der Waals surface area contributed by atoms with E-state index in [1.165, 1.54) is 30.8 Å². The van der Waals surface area contributed by atoms with E-state index in [-0.39, 0.29) is 0 Å². The van der Waals surface area contributed by atoms with Crippen LogP contribution in [0.5, 0.6) is 5.75 Å². The lowest BCUT2D eigenvalue weighted by Gasteiger charge is -2.38. The van der Waals surface area contributed by atoms with E-state index in [9.17, 15) is 0 Å². The highest BCUT2D eigenvalue weighted by Crippen LogP contribution is 2.24. The fourth-order valence-corrected chi connectivity index (χ4v) is 2.27. The molecule has 2 rings (SSSR count). The highest BCUT2D eigenvalue weighted by Gasteiger charge is 2.25. The summed E-state index contributed by atoms with van der Waals surface area (Å²) >= 11 is 0. The van der Waals surface area contributed by atoms with E-state index >= 15 is 0 Å². The molecule has 1 heterocycles. The van der Waals surface area contributed by atoms with Crippen molar-refractivity contribution < 1.29 is 4.74 Å². The zero-order chi connectivity index (χ0) is 11.5. The zero-order valence-electron chi connectivity index (χ0n) is 10.5. The lowest BCUT2D eigenvalue weighted by Crippen LogP contribution is -2.48. The van der Waals surface area contributed by atoms with Gasteiger partial charge in [-0.2, -0.15) is 0 Å². The largest absolute Gasteiger partial charge is 0.493 e. The first-order chi connectivity index (χ1) is 7.70. The summed E-state index contributed by atoms with van der Waals surface area (Å²) in [6.07, 6.45) is 0. The van der Waals surface area contributed by atoms with Crippen molar-refractivity contribution in [2.75, 3.05) is 26.2 Å². The van der Waals surface area contributed by atoms with Crippen molar-refractivity contribution in [1.82, 2.24) is 4.90 Å². The second-order valence-corrected chi connectivity index (χ2v) is 4.75. The lowest BCUT2D eigenvalue weighted by molar-refractivity contribution is 0.0667. The zero-order valence-corrected chi connectivity index (χ0v) is 10.5. The molecule has 2 nitrogen and oxygen atoms in total. The molecule has 0 unspecified atom stereocenters. The van der Waals surface area contributed by atoms with Crippen molar-refractivity contribution >= 4 is 0 Å². The third kappa shape index (κ3) is 2.38. The van der Waals surface area contributed by atoms with Gasteiger partial charge in [0.15, 0.2) is 0 Å². The van der Waals surface area contributed by atoms with Crippen molar-refractivity contribution in [3.05, 3.63) is 29.3 Å². The van der Waals surface area contributed by atoms with Crippen LogP contribution in [0.3, 0.4) is 0 Å². The van der Waals surface area contributed by atoms with Gasteiger partial charge in [-0.25, -0.2) is 0 Å². The maximum absolute atomic E-state index is 5.94. The summed E-state index contributed by atoms with van der Waals surface area (Å²) in [4.78, 5) is 2.44. The Bertz CT molecular complexity index is 336. The number of nitrogens with zero attached hydrogens (tertiary/aromatic N) is 1. The van der Waals surface area contributed by atoms with Crippen molar-refractivity contribution in [1.29, 1.82) is 0 Å². The van der Waals surface area contributed by atoms with Crippen LogP contribution >= 0.6 is 0 Å². The van der Waals surface area contributed by atoms with Gasteiger partial charge in [0.05, 0.1) is 6.61 Å². The smallest absolute Gasteiger partial charge is 0.125 e. The highest BCUT2D eigenvalue weighted by atomic mass is 16.5. The molecule has 2 heteroatoms. The number of aryl methyl sites for hydroxylation is 2. The van der Waals surface area contributed by atoms with Gasteiger partial charge in [-0.15, -0.1) is 0 Å². The molecule has 1 aromatic carbocycles. The molecule has 0 aromatic heterocycles. The molecule has 0 spiro atoms. The number of likely N-dealkylation sites (tertiary alicyclic amines) is 1. The topological polar surface area (TPSA) is 12.5 Å². The van der Waals surface area contributed by atoms with E-state index < -0.39 is 0 Å². The minimum atomic E-state index is 0.721. The first-order valence-electron chi connectivity index (χ1n) is 6.12. The number of ether oxygens (including phenoxy) is 1. The minimum Gasteiger partial charge on any atom is -0.493 e. The van der Waals surface area contributed by atoms with Gasteiger partial charge in [-0.1, -0.05) is 25.1 Å². The third-order valence-electron chi connectivity index (χ3n) is 3.35. The second kappa shape index (κ2) is 4.88. The number of rotatable bonds is 4.